The zero-order valence-electron chi connectivity index (χ0n) is 29.4. The minimum absolute atomic E-state index is 0.0484. The number of alkyl halides is 4. The molecule has 4 aliphatic rings. The van der Waals surface area contributed by atoms with Gasteiger partial charge in [0.1, 0.15) is 23.2 Å². The molecule has 14 nitrogen and oxygen atoms in total. The standard InChI is InChI=1S/C33H48F4N8O6/c1-4-6-33(36,37)20-24(26(47)43-31(22-39)11-15-44(3)16-12-31)41-28(49)51-45(17-13-29(7-8-29)14-18-45)50-27(48)40-23(19-32(34,35)5-2)25(46)42-30(21-38)9-10-30/h23-24H,4-20H2,1-3H3,(H3-,40,41,42,43,46,47,48,49)/p+1/t23-,24-/m0/s1. The lowest BCUT2D eigenvalue weighted by Crippen LogP contribution is -2.62. The average molecular weight is 730 g/mol. The van der Waals surface area contributed by atoms with Crippen LogP contribution in [0.1, 0.15) is 97.3 Å². The molecule has 51 heavy (non-hydrogen) atoms. The number of amides is 4. The van der Waals surface area contributed by atoms with E-state index >= 15 is 0 Å². The van der Waals surface area contributed by atoms with E-state index in [1.807, 2.05) is 18.0 Å². The predicted molar refractivity (Wildman–Crippen MR) is 171 cm³/mol. The maximum Gasteiger partial charge on any atom is 0.468 e. The number of carbonyl (C=O) groups is 4. The Balaban J connectivity index is 1.51. The number of rotatable bonds is 15. The summed E-state index contributed by atoms with van der Waals surface area (Å²) < 4.78 is 58.8. The van der Waals surface area contributed by atoms with Crippen molar-refractivity contribution in [3.63, 3.8) is 0 Å². The van der Waals surface area contributed by atoms with Crippen LogP contribution >= 0.6 is 0 Å². The van der Waals surface area contributed by atoms with E-state index in [1.165, 1.54) is 13.8 Å². The van der Waals surface area contributed by atoms with E-state index in [0.717, 1.165) is 12.8 Å². The van der Waals surface area contributed by atoms with Crippen LogP contribution in [0.2, 0.25) is 0 Å². The third-order valence-corrected chi connectivity index (χ3v) is 10.5. The number of likely N-dealkylation sites (tertiary alicyclic amines) is 1. The third kappa shape index (κ3) is 10.8. The summed E-state index contributed by atoms with van der Waals surface area (Å²) in [5.41, 5.74) is -2.59. The summed E-state index contributed by atoms with van der Waals surface area (Å²) in [5, 5.41) is 28.6. The number of halogens is 4. The van der Waals surface area contributed by atoms with Crippen LogP contribution in [-0.2, 0) is 19.3 Å². The number of nitriles is 2. The zero-order valence-corrected chi connectivity index (χ0v) is 29.4. The summed E-state index contributed by atoms with van der Waals surface area (Å²) in [5.74, 6) is -8.76. The van der Waals surface area contributed by atoms with Gasteiger partial charge in [-0.3, -0.25) is 9.59 Å². The van der Waals surface area contributed by atoms with Crippen LogP contribution in [0.4, 0.5) is 27.2 Å². The molecule has 284 valence electrons. The van der Waals surface area contributed by atoms with Gasteiger partial charge in [-0.25, -0.2) is 36.8 Å². The Bertz CT molecular complexity index is 1390. The summed E-state index contributed by atoms with van der Waals surface area (Å²) in [7, 11) is 1.84. The largest absolute Gasteiger partial charge is 0.468 e. The van der Waals surface area contributed by atoms with E-state index in [1.54, 1.807) is 0 Å². The number of nitrogens with zero attached hydrogens (tertiary/aromatic N) is 4. The molecule has 2 saturated carbocycles. The van der Waals surface area contributed by atoms with Gasteiger partial charge in [-0.1, -0.05) is 20.3 Å². The van der Waals surface area contributed by atoms with Gasteiger partial charge in [-0.2, -0.15) is 10.5 Å². The normalized spacial score (nSPS) is 22.5. The van der Waals surface area contributed by atoms with Gasteiger partial charge < -0.3 is 26.2 Å². The first-order valence-electron chi connectivity index (χ1n) is 17.6. The Kier molecular flexibility index (Phi) is 12.0. The molecular formula is C33H49F4N8O6+. The minimum atomic E-state index is -3.37. The SMILES string of the molecule is CCCC(F)(F)C[C@H](NC(=O)O[N+]1(OC(=O)N[C@@H](CC(F)(F)CC)C(=O)NC2(C#N)CC2)CCC2(CC2)CC1)C(=O)NC1(C#N)CCN(C)CC1. The van der Waals surface area contributed by atoms with Gasteiger partial charge in [-0.05, 0) is 51.0 Å². The fourth-order valence-corrected chi connectivity index (χ4v) is 6.50. The summed E-state index contributed by atoms with van der Waals surface area (Å²) in [4.78, 5) is 65.1. The molecule has 4 rings (SSSR count). The summed E-state index contributed by atoms with van der Waals surface area (Å²) in [6, 6.07) is 0.360. The molecule has 1 spiro atoms. The Morgan fingerprint density at radius 2 is 1.22 bits per heavy atom. The fraction of sp³-hybridized carbons (Fsp3) is 0.818. The third-order valence-electron chi connectivity index (χ3n) is 10.5. The lowest BCUT2D eigenvalue weighted by Gasteiger charge is -2.38. The van der Waals surface area contributed by atoms with Gasteiger partial charge in [0.2, 0.25) is 17.7 Å². The highest BCUT2D eigenvalue weighted by atomic mass is 19.3. The van der Waals surface area contributed by atoms with Crippen molar-refractivity contribution in [2.45, 2.75) is 132 Å². The average Bonchev–Trinajstić information content (AvgIpc) is 4.00. The van der Waals surface area contributed by atoms with Crippen LogP contribution in [0.25, 0.3) is 0 Å². The van der Waals surface area contributed by atoms with Gasteiger partial charge in [0, 0.05) is 51.6 Å². The topological polar surface area (TPSA) is 186 Å². The summed E-state index contributed by atoms with van der Waals surface area (Å²) in [6.07, 6.45) is -2.28. The number of nitrogens with one attached hydrogen (secondary N) is 4. The lowest BCUT2D eigenvalue weighted by molar-refractivity contribution is -1.22. The predicted octanol–water partition coefficient (Wildman–Crippen LogP) is 3.93. The Morgan fingerprint density at radius 1 is 0.765 bits per heavy atom. The minimum Gasteiger partial charge on any atom is -0.336 e. The van der Waals surface area contributed by atoms with Gasteiger partial charge >= 0.3 is 12.2 Å². The zero-order chi connectivity index (χ0) is 37.7. The molecule has 4 fully saturated rings. The van der Waals surface area contributed by atoms with Crippen molar-refractivity contribution >= 4 is 24.0 Å². The molecule has 18 heteroatoms. The summed E-state index contributed by atoms with van der Waals surface area (Å²) in [6.45, 7) is 3.54. The molecule has 0 radical (unpaired) electrons. The number of hydrogen-bond donors (Lipinski definition) is 4. The molecular weight excluding hydrogens is 680 g/mol. The Morgan fingerprint density at radius 3 is 1.61 bits per heavy atom. The van der Waals surface area contributed by atoms with Crippen LogP contribution in [0.3, 0.4) is 0 Å². The summed E-state index contributed by atoms with van der Waals surface area (Å²) >= 11 is 0. The van der Waals surface area contributed by atoms with Crippen LogP contribution in [0.15, 0.2) is 0 Å². The molecule has 2 atom stereocenters. The van der Waals surface area contributed by atoms with Crippen LogP contribution in [-0.4, -0.2) is 102 Å². The van der Waals surface area contributed by atoms with Crippen molar-refractivity contribution in [3.05, 3.63) is 0 Å². The molecule has 0 aromatic carbocycles. The number of hydrogen-bond acceptors (Lipinski definition) is 9. The quantitative estimate of drug-likeness (QED) is 0.143. The highest BCUT2D eigenvalue weighted by Gasteiger charge is 2.55. The lowest BCUT2D eigenvalue weighted by atomic mass is 9.88. The molecule has 2 aliphatic heterocycles. The molecule has 0 bridgehead atoms. The molecule has 2 heterocycles. The number of quaternary nitrogens is 1. The number of hydroxylamine groups is 4. The van der Waals surface area contributed by atoms with Gasteiger partial charge in [0.25, 0.3) is 5.92 Å². The van der Waals surface area contributed by atoms with Crippen molar-refractivity contribution < 1.29 is 51.2 Å². The second-order valence-electron chi connectivity index (χ2n) is 14.8. The Labute approximate surface area is 295 Å². The first kappa shape index (κ1) is 39.9. The van der Waals surface area contributed by atoms with Crippen LogP contribution < -0.4 is 21.3 Å². The molecule has 2 saturated heterocycles. The van der Waals surface area contributed by atoms with Gasteiger partial charge in [-0.15, -0.1) is 0 Å². The maximum atomic E-state index is 14.9. The van der Waals surface area contributed by atoms with Crippen LogP contribution in [0, 0.1) is 28.1 Å². The number of carbonyl (C=O) groups excluding carboxylic acids is 4. The smallest absolute Gasteiger partial charge is 0.336 e. The molecule has 4 amide bonds. The van der Waals surface area contributed by atoms with E-state index in [4.69, 9.17) is 9.68 Å². The van der Waals surface area contributed by atoms with E-state index in [-0.39, 0.29) is 37.8 Å². The molecule has 0 unspecified atom stereocenters. The highest BCUT2D eigenvalue weighted by Crippen LogP contribution is 2.55. The molecule has 0 aromatic rings. The highest BCUT2D eigenvalue weighted by molar-refractivity contribution is 5.87. The number of piperidine rings is 2. The van der Waals surface area contributed by atoms with Crippen molar-refractivity contribution in [1.82, 2.24) is 26.2 Å². The molecule has 4 N–H and O–H groups in total. The van der Waals surface area contributed by atoms with E-state index < -0.39 is 89.5 Å². The van der Waals surface area contributed by atoms with Crippen molar-refractivity contribution in [2.24, 2.45) is 5.41 Å². The van der Waals surface area contributed by atoms with E-state index in [9.17, 15) is 47.3 Å². The fourth-order valence-electron chi connectivity index (χ4n) is 6.50. The van der Waals surface area contributed by atoms with Gasteiger partial charge in [0.15, 0.2) is 13.1 Å². The first-order chi connectivity index (χ1) is 23.9. The van der Waals surface area contributed by atoms with Crippen molar-refractivity contribution in [3.8, 4) is 12.1 Å². The first-order valence-corrected chi connectivity index (χ1v) is 17.6. The Hall–Kier alpha value is -3.90. The monoisotopic (exact) mass is 729 g/mol. The second-order valence-corrected chi connectivity index (χ2v) is 14.8. The maximum absolute atomic E-state index is 14.9. The van der Waals surface area contributed by atoms with Crippen LogP contribution in [0.5, 0.6) is 0 Å². The van der Waals surface area contributed by atoms with E-state index in [0.29, 0.717) is 38.8 Å². The van der Waals surface area contributed by atoms with E-state index in [2.05, 4.69) is 27.3 Å². The van der Waals surface area contributed by atoms with Gasteiger partial charge in [0.05, 0.1) is 16.9 Å². The molecule has 0 aromatic heterocycles. The molecule has 2 aliphatic carbocycles. The van der Waals surface area contributed by atoms with Crippen molar-refractivity contribution in [2.75, 3.05) is 33.2 Å². The van der Waals surface area contributed by atoms with Crippen molar-refractivity contribution in [1.29, 1.82) is 10.5 Å². The second kappa shape index (κ2) is 15.4.